The average molecular weight is 920 g/mol. The summed E-state index contributed by atoms with van der Waals surface area (Å²) >= 11 is 0. The Morgan fingerprint density at radius 1 is 1.02 bits per heavy atom. The molecule has 3 aromatic heterocycles. The van der Waals surface area contributed by atoms with Gasteiger partial charge in [0.1, 0.15) is 17.2 Å². The van der Waals surface area contributed by atoms with Crippen molar-refractivity contribution in [2.75, 3.05) is 68.3 Å². The topological polar surface area (TPSA) is 289 Å². The van der Waals surface area contributed by atoms with E-state index in [1.165, 1.54) is 4.31 Å². The Morgan fingerprint density at radius 2 is 1.74 bits per heavy atom. The number of hydrogen-bond donors (Lipinski definition) is 5. The number of anilines is 3. The molecular formula is C43H45N13O9S. The number of fused-ring (bicyclic) bond motifs is 2. The number of amides is 5. The van der Waals surface area contributed by atoms with Crippen LogP contribution in [0.4, 0.5) is 17.3 Å². The minimum absolute atomic E-state index is 0.0178. The van der Waals surface area contributed by atoms with E-state index in [4.69, 9.17) is 14.9 Å². The van der Waals surface area contributed by atoms with Crippen LogP contribution in [0, 0.1) is 11.3 Å². The molecule has 4 aliphatic heterocycles. The first kappa shape index (κ1) is 45.0. The lowest BCUT2D eigenvalue weighted by Gasteiger charge is -2.47. The Bertz CT molecular complexity index is 2880. The summed E-state index contributed by atoms with van der Waals surface area (Å²) in [5.41, 5.74) is 3.49. The number of imide groups is 2. The number of sulfonamides is 1. The number of nitrogens with one attached hydrogen (secondary N) is 4. The Kier molecular flexibility index (Phi) is 12.6. The Labute approximate surface area is 377 Å². The van der Waals surface area contributed by atoms with Crippen LogP contribution in [-0.2, 0) is 29.9 Å². The zero-order valence-corrected chi connectivity index (χ0v) is 36.5. The Balaban J connectivity index is 0.00000192. The van der Waals surface area contributed by atoms with E-state index in [1.807, 2.05) is 6.07 Å². The molecule has 0 radical (unpaired) electrons. The van der Waals surface area contributed by atoms with E-state index >= 15 is 0 Å². The van der Waals surface area contributed by atoms with Gasteiger partial charge in [0.05, 0.1) is 41.3 Å². The van der Waals surface area contributed by atoms with Crippen LogP contribution < -0.4 is 20.9 Å². The van der Waals surface area contributed by atoms with Gasteiger partial charge in [0.15, 0.2) is 0 Å². The van der Waals surface area contributed by atoms with Gasteiger partial charge in [0.2, 0.25) is 27.8 Å². The van der Waals surface area contributed by atoms with Gasteiger partial charge in [-0.3, -0.25) is 48.6 Å². The highest BCUT2D eigenvalue weighted by molar-refractivity contribution is 7.89. The molecule has 0 aliphatic carbocycles. The van der Waals surface area contributed by atoms with Gasteiger partial charge >= 0.3 is 0 Å². The Morgan fingerprint density at radius 3 is 2.44 bits per heavy atom. The quantitative estimate of drug-likeness (QED) is 0.0826. The number of piperidine rings is 1. The average Bonchev–Trinajstić information content (AvgIpc) is 4.04. The van der Waals surface area contributed by atoms with Crippen LogP contribution in [0.25, 0.3) is 22.3 Å². The third-order valence-corrected chi connectivity index (χ3v) is 13.9. The van der Waals surface area contributed by atoms with Crippen molar-refractivity contribution >= 4 is 74.4 Å². The van der Waals surface area contributed by atoms with Crippen molar-refractivity contribution in [3.8, 4) is 17.3 Å². The molecule has 3 saturated heterocycles. The highest BCUT2D eigenvalue weighted by Crippen LogP contribution is 2.37. The van der Waals surface area contributed by atoms with E-state index in [9.17, 15) is 37.7 Å². The van der Waals surface area contributed by atoms with Crippen molar-refractivity contribution in [2.24, 2.45) is 0 Å². The molecule has 1 atom stereocenters. The largest absolute Gasteiger partial charge is 0.483 e. The van der Waals surface area contributed by atoms with Crippen LogP contribution in [0.3, 0.4) is 0 Å². The molecule has 5 amide bonds. The van der Waals surface area contributed by atoms with Gasteiger partial charge in [-0.25, -0.2) is 13.4 Å². The van der Waals surface area contributed by atoms with Crippen LogP contribution in [0.1, 0.15) is 57.3 Å². The monoisotopic (exact) mass is 919 g/mol. The maximum absolute atomic E-state index is 13.3. The number of benzene rings is 2. The zero-order valence-electron chi connectivity index (χ0n) is 35.6. The molecule has 1 unspecified atom stereocenters. The number of piperazine rings is 1. The smallest absolute Gasteiger partial charge is 0.290 e. The normalized spacial score (nSPS) is 18.5. The maximum atomic E-state index is 13.3. The minimum atomic E-state index is -3.40. The fourth-order valence-electron chi connectivity index (χ4n) is 8.55. The molecule has 2 aromatic carbocycles. The Hall–Kier alpha value is -7.55. The van der Waals surface area contributed by atoms with Crippen LogP contribution in [0.2, 0.25) is 0 Å². The number of nitriles is 1. The third kappa shape index (κ3) is 8.80. The van der Waals surface area contributed by atoms with Gasteiger partial charge < -0.3 is 25.6 Å². The molecule has 0 saturated carbocycles. The molecule has 66 heavy (non-hydrogen) atoms. The van der Waals surface area contributed by atoms with Crippen molar-refractivity contribution in [3.05, 3.63) is 83.8 Å². The highest BCUT2D eigenvalue weighted by atomic mass is 32.2. The number of carboxylic acid groups (broad SMARTS) is 1. The zero-order chi connectivity index (χ0) is 46.8. The first-order chi connectivity index (χ1) is 31.8. The van der Waals surface area contributed by atoms with Crippen LogP contribution in [-0.4, -0.2) is 153 Å². The van der Waals surface area contributed by atoms with Crippen molar-refractivity contribution < 1.29 is 42.3 Å². The number of nitrogens with zero attached hydrogens (tertiary/aromatic N) is 9. The van der Waals surface area contributed by atoms with E-state index < -0.39 is 45.2 Å². The fraction of sp³-hybridized carbons (Fsp3) is 0.349. The summed E-state index contributed by atoms with van der Waals surface area (Å²) in [6.45, 7) is 5.50. The van der Waals surface area contributed by atoms with E-state index in [-0.39, 0.29) is 61.6 Å². The number of hydrogen-bond acceptors (Lipinski definition) is 15. The first-order valence-corrected chi connectivity index (χ1v) is 22.7. The molecule has 23 heteroatoms. The van der Waals surface area contributed by atoms with Gasteiger partial charge in [-0.1, -0.05) is 0 Å². The molecule has 342 valence electrons. The fourth-order valence-corrected chi connectivity index (χ4v) is 9.78. The molecule has 22 nitrogen and oxygen atoms in total. The number of H-pyrrole nitrogens is 1. The second kappa shape index (κ2) is 18.5. The summed E-state index contributed by atoms with van der Waals surface area (Å²) in [4.78, 5) is 89.8. The van der Waals surface area contributed by atoms with E-state index in [0.29, 0.717) is 60.3 Å². The summed E-state index contributed by atoms with van der Waals surface area (Å²) in [6, 6.07) is 15.1. The van der Waals surface area contributed by atoms with Gasteiger partial charge in [-0.2, -0.15) is 19.6 Å². The molecular weight excluding hydrogens is 875 g/mol. The summed E-state index contributed by atoms with van der Waals surface area (Å²) < 4.78 is 27.9. The second-order valence-corrected chi connectivity index (χ2v) is 18.4. The summed E-state index contributed by atoms with van der Waals surface area (Å²) in [5, 5.41) is 30.2. The van der Waals surface area contributed by atoms with Crippen molar-refractivity contribution in [2.45, 2.75) is 37.8 Å². The van der Waals surface area contributed by atoms with Crippen molar-refractivity contribution in [3.63, 3.8) is 0 Å². The SMILES string of the molecule is CCS(=O)(=O)N1CC(CC#N)(n2cc(-c3nc(Nc4ccc(C(=O)NCCN5CCN(c6ccc7c(c6)C(=O)N(C6CCC(=O)NC6=O)C7=O)CC5)cc4)nc4[nH]ccc34)cn2)C1.O=CO. The lowest BCUT2D eigenvalue weighted by atomic mass is 9.89. The highest BCUT2D eigenvalue weighted by Gasteiger charge is 2.50. The molecule has 4 aliphatic rings. The number of carbonyl (C=O) groups excluding carboxylic acids is 5. The molecule has 9 rings (SSSR count). The predicted octanol–water partition coefficient (Wildman–Crippen LogP) is 1.49. The van der Waals surface area contributed by atoms with E-state index in [2.05, 4.69) is 46.9 Å². The van der Waals surface area contributed by atoms with Gasteiger partial charge in [-0.05, 0) is 61.9 Å². The van der Waals surface area contributed by atoms with Crippen LogP contribution in [0.15, 0.2) is 67.1 Å². The summed E-state index contributed by atoms with van der Waals surface area (Å²) in [6.07, 6.45) is 5.44. The molecule has 0 bridgehead atoms. The number of aromatic amines is 1. The van der Waals surface area contributed by atoms with Crippen molar-refractivity contribution in [1.29, 1.82) is 5.26 Å². The molecule has 5 aromatic rings. The first-order valence-electron chi connectivity index (χ1n) is 21.1. The minimum Gasteiger partial charge on any atom is -0.483 e. The number of aromatic nitrogens is 5. The lowest BCUT2D eigenvalue weighted by Crippen LogP contribution is -2.64. The standard InChI is InChI=1S/C42H43N13O7S.CH2O2/c1-2-63(61,62)53-24-42(25-53,12-13-43)54-23-27(22-46-54)35-31-11-14-44-36(31)50-41(49-35)47-28-5-3-26(4-6-28)37(57)45-15-16-51-17-19-52(20-18-51)29-7-8-30-32(21-29)40(60)55(39(30)59)33-9-10-34(56)48-38(33)58;2-1-3/h3-8,11,14,21-23,33H,2,9-10,12,15-20,24-25H2,1H3,(H,45,57)(H,48,56,58)(H2,44,47,49,50);1H,(H,2,3). The van der Waals surface area contributed by atoms with E-state index in [1.54, 1.807) is 72.7 Å². The van der Waals surface area contributed by atoms with Crippen LogP contribution >= 0.6 is 0 Å². The lowest BCUT2D eigenvalue weighted by molar-refractivity contribution is -0.136. The van der Waals surface area contributed by atoms with Crippen molar-refractivity contribution in [1.82, 2.24) is 49.5 Å². The third-order valence-electron chi connectivity index (χ3n) is 12.1. The number of carbonyl (C=O) groups is 6. The summed E-state index contributed by atoms with van der Waals surface area (Å²) in [7, 11) is -3.40. The molecule has 7 heterocycles. The molecule has 0 spiro atoms. The summed E-state index contributed by atoms with van der Waals surface area (Å²) in [5.74, 6) is -2.07. The predicted molar refractivity (Wildman–Crippen MR) is 237 cm³/mol. The van der Waals surface area contributed by atoms with Gasteiger partial charge in [-0.15, -0.1) is 0 Å². The van der Waals surface area contributed by atoms with Crippen LogP contribution in [0.5, 0.6) is 0 Å². The van der Waals surface area contributed by atoms with Gasteiger partial charge in [0, 0.05) is 99.1 Å². The maximum Gasteiger partial charge on any atom is 0.290 e. The second-order valence-electron chi connectivity index (χ2n) is 16.1. The molecule has 5 N–H and O–H groups in total. The number of rotatable bonds is 13. The van der Waals surface area contributed by atoms with Gasteiger partial charge in [0.25, 0.3) is 24.2 Å². The molecule has 3 fully saturated rings. The van der Waals surface area contributed by atoms with E-state index in [0.717, 1.165) is 29.1 Å².